The lowest BCUT2D eigenvalue weighted by atomic mass is 9.89. The molecule has 0 radical (unpaired) electrons. The largest absolute Gasteiger partial charge is 0.458 e. The third-order valence-corrected chi connectivity index (χ3v) is 4.69. The van der Waals surface area contributed by atoms with E-state index in [0.717, 1.165) is 0 Å². The molecule has 1 fully saturated rings. The first-order valence-corrected chi connectivity index (χ1v) is 7.77. The number of carbonyl (C=O) groups excluding carboxylic acids is 1. The Morgan fingerprint density at radius 3 is 2.67 bits per heavy atom. The first kappa shape index (κ1) is 14.4. The van der Waals surface area contributed by atoms with E-state index in [1.165, 1.54) is 11.8 Å². The Labute approximate surface area is 132 Å². The van der Waals surface area contributed by atoms with E-state index in [2.05, 4.69) is 28.1 Å². The number of amides is 1. The topological polar surface area (TPSA) is 59.5 Å². The summed E-state index contributed by atoms with van der Waals surface area (Å²) in [7, 11) is 0. The van der Waals surface area contributed by atoms with Crippen molar-refractivity contribution >= 4 is 21.8 Å². The van der Waals surface area contributed by atoms with Crippen molar-refractivity contribution in [3.63, 3.8) is 0 Å². The third-order valence-electron chi connectivity index (χ3n) is 4.07. The summed E-state index contributed by atoms with van der Waals surface area (Å²) >= 11 is 3.34. The number of rotatable bonds is 3. The molecule has 0 unspecified atom stereocenters. The normalized spacial score (nSPS) is 21.7. The van der Waals surface area contributed by atoms with Crippen LogP contribution in [0.4, 0.5) is 0 Å². The third kappa shape index (κ3) is 2.76. The van der Waals surface area contributed by atoms with Crippen LogP contribution in [0.15, 0.2) is 51.6 Å². The fourth-order valence-electron chi connectivity index (χ4n) is 2.94. The molecule has 2 heterocycles. The lowest BCUT2D eigenvalue weighted by Crippen LogP contribution is -2.29. The van der Waals surface area contributed by atoms with Gasteiger partial charge in [-0.15, -0.1) is 0 Å². The molecule has 2 atom stereocenters. The summed E-state index contributed by atoms with van der Waals surface area (Å²) in [5, 5.41) is 0. The van der Waals surface area contributed by atoms with Gasteiger partial charge in [-0.2, -0.15) is 0 Å². The van der Waals surface area contributed by atoms with Crippen molar-refractivity contribution in [2.24, 2.45) is 11.7 Å². The summed E-state index contributed by atoms with van der Waals surface area (Å²) in [5.41, 5.74) is 7.14. The van der Waals surface area contributed by atoms with E-state index in [9.17, 15) is 4.79 Å². The summed E-state index contributed by atoms with van der Waals surface area (Å²) in [5.74, 6) is 0.849. The zero-order valence-electron chi connectivity index (χ0n) is 11.5. The van der Waals surface area contributed by atoms with E-state index in [-0.39, 0.29) is 17.7 Å². The first-order valence-electron chi connectivity index (χ1n) is 6.98. The quantitative estimate of drug-likeness (QED) is 0.927. The van der Waals surface area contributed by atoms with Gasteiger partial charge in [0.15, 0.2) is 0 Å². The molecule has 1 aromatic carbocycles. The minimum Gasteiger partial charge on any atom is -0.458 e. The van der Waals surface area contributed by atoms with E-state index < -0.39 is 0 Å². The maximum absolute atomic E-state index is 12.5. The predicted molar refractivity (Wildman–Crippen MR) is 84.0 cm³/mol. The van der Waals surface area contributed by atoms with Crippen LogP contribution in [0.25, 0.3) is 0 Å². The highest BCUT2D eigenvalue weighted by Gasteiger charge is 2.36. The highest BCUT2D eigenvalue weighted by Crippen LogP contribution is 2.33. The van der Waals surface area contributed by atoms with Gasteiger partial charge in [-0.25, -0.2) is 0 Å². The molecule has 1 aliphatic heterocycles. The van der Waals surface area contributed by atoms with Crippen molar-refractivity contribution in [3.8, 4) is 0 Å². The first-order chi connectivity index (χ1) is 10.2. The summed E-state index contributed by atoms with van der Waals surface area (Å²) in [4.78, 5) is 14.4. The van der Waals surface area contributed by atoms with Gasteiger partial charge in [-0.3, -0.25) is 4.79 Å². The summed E-state index contributed by atoms with van der Waals surface area (Å²) < 4.78 is 5.97. The Morgan fingerprint density at radius 1 is 1.29 bits per heavy atom. The predicted octanol–water partition coefficient (Wildman–Crippen LogP) is 2.86. The number of halogens is 1. The van der Waals surface area contributed by atoms with E-state index in [1.807, 2.05) is 23.1 Å². The SMILES string of the molecule is NC[C@@H]1CN(C(=O)c2occc2Br)C[C@H]1c1ccccc1. The fraction of sp³-hybridized carbons (Fsp3) is 0.312. The lowest BCUT2D eigenvalue weighted by Gasteiger charge is -2.16. The maximum Gasteiger partial charge on any atom is 0.290 e. The standard InChI is InChI=1S/C16H17BrN2O2/c17-14-6-7-21-15(14)16(20)19-9-12(8-18)13(10-19)11-4-2-1-3-5-11/h1-7,12-13H,8-10,18H2/t12-,13+/m1/s1. The Kier molecular flexibility index (Phi) is 4.12. The number of likely N-dealkylation sites (tertiary alicyclic amines) is 1. The molecule has 3 rings (SSSR count). The molecule has 5 heteroatoms. The number of benzene rings is 1. The van der Waals surface area contributed by atoms with Crippen LogP contribution in [0.1, 0.15) is 22.0 Å². The molecule has 0 spiro atoms. The number of furan rings is 1. The minimum atomic E-state index is -0.0799. The minimum absolute atomic E-state index is 0.0799. The smallest absolute Gasteiger partial charge is 0.290 e. The van der Waals surface area contributed by atoms with Gasteiger partial charge < -0.3 is 15.1 Å². The van der Waals surface area contributed by atoms with Crippen LogP contribution in [0.2, 0.25) is 0 Å². The van der Waals surface area contributed by atoms with Crippen LogP contribution in [0.5, 0.6) is 0 Å². The van der Waals surface area contributed by atoms with Crippen LogP contribution in [0.3, 0.4) is 0 Å². The number of hydrogen-bond acceptors (Lipinski definition) is 3. The molecule has 4 nitrogen and oxygen atoms in total. The van der Waals surface area contributed by atoms with Crippen molar-refractivity contribution in [1.29, 1.82) is 0 Å². The van der Waals surface area contributed by atoms with Crippen molar-refractivity contribution in [2.75, 3.05) is 19.6 Å². The average molecular weight is 349 g/mol. The zero-order chi connectivity index (χ0) is 14.8. The monoisotopic (exact) mass is 348 g/mol. The highest BCUT2D eigenvalue weighted by molar-refractivity contribution is 9.10. The van der Waals surface area contributed by atoms with Gasteiger partial charge in [0, 0.05) is 19.0 Å². The number of nitrogens with two attached hydrogens (primary N) is 1. The van der Waals surface area contributed by atoms with Crippen molar-refractivity contribution in [2.45, 2.75) is 5.92 Å². The fourth-order valence-corrected chi connectivity index (χ4v) is 3.31. The highest BCUT2D eigenvalue weighted by atomic mass is 79.9. The van der Waals surface area contributed by atoms with Crippen molar-refractivity contribution in [3.05, 3.63) is 58.5 Å². The number of hydrogen-bond donors (Lipinski definition) is 1. The Balaban J connectivity index is 1.81. The Morgan fingerprint density at radius 2 is 2.05 bits per heavy atom. The van der Waals surface area contributed by atoms with Crippen molar-refractivity contribution in [1.82, 2.24) is 4.90 Å². The van der Waals surface area contributed by atoms with Gasteiger partial charge in [-0.1, -0.05) is 30.3 Å². The molecule has 1 aromatic heterocycles. The molecule has 0 saturated carbocycles. The maximum atomic E-state index is 12.5. The summed E-state index contributed by atoms with van der Waals surface area (Å²) in [6.45, 7) is 1.92. The molecule has 1 saturated heterocycles. The Bertz CT molecular complexity index is 626. The summed E-state index contributed by atoms with van der Waals surface area (Å²) in [6, 6.07) is 12.0. The molecule has 0 aliphatic carbocycles. The van der Waals surface area contributed by atoms with E-state index >= 15 is 0 Å². The molecule has 110 valence electrons. The van der Waals surface area contributed by atoms with Gasteiger partial charge in [0.1, 0.15) is 0 Å². The zero-order valence-corrected chi connectivity index (χ0v) is 13.1. The van der Waals surface area contributed by atoms with E-state index in [1.54, 1.807) is 6.07 Å². The van der Waals surface area contributed by atoms with Gasteiger partial charge in [-0.05, 0) is 40.0 Å². The lowest BCUT2D eigenvalue weighted by molar-refractivity contribution is 0.0753. The molecule has 1 amide bonds. The van der Waals surface area contributed by atoms with Crippen LogP contribution in [-0.4, -0.2) is 30.4 Å². The van der Waals surface area contributed by atoms with Crippen LogP contribution >= 0.6 is 15.9 Å². The second-order valence-corrected chi connectivity index (χ2v) is 6.18. The van der Waals surface area contributed by atoms with Crippen LogP contribution < -0.4 is 5.73 Å². The van der Waals surface area contributed by atoms with Crippen LogP contribution in [-0.2, 0) is 0 Å². The van der Waals surface area contributed by atoms with Gasteiger partial charge in [0.25, 0.3) is 5.91 Å². The van der Waals surface area contributed by atoms with Gasteiger partial charge >= 0.3 is 0 Å². The number of carbonyl (C=O) groups is 1. The van der Waals surface area contributed by atoms with Gasteiger partial charge in [0.05, 0.1) is 10.7 Å². The molecule has 21 heavy (non-hydrogen) atoms. The second kappa shape index (κ2) is 6.03. The molecule has 2 aromatic rings. The molecule has 2 N–H and O–H groups in total. The van der Waals surface area contributed by atoms with Crippen molar-refractivity contribution < 1.29 is 9.21 Å². The average Bonchev–Trinajstić information content (AvgIpc) is 3.13. The molecular weight excluding hydrogens is 332 g/mol. The van der Waals surface area contributed by atoms with Gasteiger partial charge in [0.2, 0.25) is 5.76 Å². The molecule has 1 aliphatic rings. The van der Waals surface area contributed by atoms with Crippen LogP contribution in [0, 0.1) is 5.92 Å². The van der Waals surface area contributed by atoms with E-state index in [0.29, 0.717) is 29.9 Å². The Hall–Kier alpha value is -1.59. The van der Waals surface area contributed by atoms with E-state index in [4.69, 9.17) is 10.2 Å². The second-order valence-electron chi connectivity index (χ2n) is 5.32. The number of nitrogens with zero attached hydrogens (tertiary/aromatic N) is 1. The summed E-state index contributed by atoms with van der Waals surface area (Å²) in [6.07, 6.45) is 1.52. The molecule has 0 bridgehead atoms. The molecular formula is C16H17BrN2O2.